The minimum Gasteiger partial charge on any atom is -0.454 e. The fourth-order valence-corrected chi connectivity index (χ4v) is 4.22. The quantitative estimate of drug-likeness (QED) is 0.638. The summed E-state index contributed by atoms with van der Waals surface area (Å²) in [4.78, 5) is 23.8. The van der Waals surface area contributed by atoms with Gasteiger partial charge in [0.1, 0.15) is 11.3 Å². The Morgan fingerprint density at radius 3 is 2.82 bits per heavy atom. The van der Waals surface area contributed by atoms with Crippen LogP contribution >= 0.6 is 11.3 Å². The van der Waals surface area contributed by atoms with Crippen LogP contribution in [0.3, 0.4) is 0 Å². The lowest BCUT2D eigenvalue weighted by atomic mass is 10.2. The Hall–Kier alpha value is -2.22. The predicted molar refractivity (Wildman–Crippen MR) is 113 cm³/mol. The molecule has 1 aliphatic rings. The molecular formula is C21H26N4O2S. The lowest BCUT2D eigenvalue weighted by Crippen LogP contribution is -2.45. The average molecular weight is 399 g/mol. The summed E-state index contributed by atoms with van der Waals surface area (Å²) < 4.78 is 5.86. The minimum absolute atomic E-state index is 0.0306. The summed E-state index contributed by atoms with van der Waals surface area (Å²) in [6, 6.07) is 9.85. The van der Waals surface area contributed by atoms with Gasteiger partial charge in [0.25, 0.3) is 5.91 Å². The van der Waals surface area contributed by atoms with E-state index in [1.54, 1.807) is 4.90 Å². The van der Waals surface area contributed by atoms with Crippen molar-refractivity contribution < 1.29 is 9.21 Å². The molecule has 1 amide bonds. The van der Waals surface area contributed by atoms with Crippen LogP contribution in [0.1, 0.15) is 16.9 Å². The molecule has 0 aliphatic carbocycles. The van der Waals surface area contributed by atoms with Gasteiger partial charge >= 0.3 is 0 Å². The lowest BCUT2D eigenvalue weighted by Gasteiger charge is -2.32. The Labute approximate surface area is 169 Å². The maximum Gasteiger partial charge on any atom is 0.273 e. The second-order valence-corrected chi connectivity index (χ2v) is 8.27. The number of fused-ring (bicyclic) bond motifs is 1. The molecule has 3 heterocycles. The monoisotopic (exact) mass is 398 g/mol. The van der Waals surface area contributed by atoms with E-state index in [0.717, 1.165) is 61.7 Å². The van der Waals surface area contributed by atoms with Crippen LogP contribution < -0.4 is 0 Å². The van der Waals surface area contributed by atoms with Crippen molar-refractivity contribution in [3.63, 3.8) is 0 Å². The summed E-state index contributed by atoms with van der Waals surface area (Å²) in [7, 11) is 4.02. The van der Waals surface area contributed by atoms with E-state index in [2.05, 4.69) is 21.8 Å². The van der Waals surface area contributed by atoms with E-state index in [9.17, 15) is 4.79 Å². The molecule has 1 aliphatic heterocycles. The highest BCUT2D eigenvalue weighted by Gasteiger charge is 2.18. The fourth-order valence-electron chi connectivity index (χ4n) is 3.47. The van der Waals surface area contributed by atoms with Gasteiger partial charge in [-0.15, -0.1) is 11.3 Å². The first-order valence-corrected chi connectivity index (χ1v) is 10.6. The number of aromatic nitrogens is 1. The van der Waals surface area contributed by atoms with Gasteiger partial charge < -0.3 is 19.1 Å². The number of furan rings is 1. The molecule has 4 rings (SSSR count). The van der Waals surface area contributed by atoms with Crippen LogP contribution in [0, 0.1) is 0 Å². The SMILES string of the molecule is CN1CCN(CCCN(C)C(=O)c2csc(-c3cc4ccccc4o3)n2)CC1. The second kappa shape index (κ2) is 8.43. The molecule has 0 radical (unpaired) electrons. The summed E-state index contributed by atoms with van der Waals surface area (Å²) in [5, 5.41) is 3.61. The van der Waals surface area contributed by atoms with Crippen molar-refractivity contribution in [1.29, 1.82) is 0 Å². The number of nitrogens with zero attached hydrogens (tertiary/aromatic N) is 4. The fraction of sp³-hybridized carbons (Fsp3) is 0.429. The molecule has 28 heavy (non-hydrogen) atoms. The third-order valence-electron chi connectivity index (χ3n) is 5.27. The van der Waals surface area contributed by atoms with Gasteiger partial charge in [-0.2, -0.15) is 0 Å². The van der Waals surface area contributed by atoms with E-state index in [4.69, 9.17) is 4.42 Å². The van der Waals surface area contributed by atoms with Gasteiger partial charge in [-0.25, -0.2) is 4.98 Å². The normalized spacial score (nSPS) is 15.9. The van der Waals surface area contributed by atoms with Crippen LogP contribution in [0.2, 0.25) is 0 Å². The van der Waals surface area contributed by atoms with E-state index in [-0.39, 0.29) is 5.91 Å². The Morgan fingerprint density at radius 1 is 1.25 bits per heavy atom. The Balaban J connectivity index is 1.33. The smallest absolute Gasteiger partial charge is 0.273 e. The Kier molecular flexibility index (Phi) is 5.75. The third kappa shape index (κ3) is 4.27. The molecule has 148 valence electrons. The van der Waals surface area contributed by atoms with Gasteiger partial charge in [-0.1, -0.05) is 18.2 Å². The molecule has 2 aromatic heterocycles. The highest BCUT2D eigenvalue weighted by molar-refractivity contribution is 7.13. The van der Waals surface area contributed by atoms with E-state index >= 15 is 0 Å². The molecule has 0 N–H and O–H groups in total. The van der Waals surface area contributed by atoms with Crippen LogP contribution in [-0.2, 0) is 0 Å². The molecule has 0 bridgehead atoms. The topological polar surface area (TPSA) is 52.8 Å². The molecule has 0 spiro atoms. The second-order valence-electron chi connectivity index (χ2n) is 7.41. The molecule has 7 heteroatoms. The number of likely N-dealkylation sites (N-methyl/N-ethyl adjacent to an activating group) is 1. The van der Waals surface area contributed by atoms with Crippen molar-refractivity contribution in [1.82, 2.24) is 19.7 Å². The number of thiazole rings is 1. The highest BCUT2D eigenvalue weighted by atomic mass is 32.1. The van der Waals surface area contributed by atoms with E-state index < -0.39 is 0 Å². The predicted octanol–water partition coefficient (Wildman–Crippen LogP) is 3.27. The Bertz CT molecular complexity index is 910. The lowest BCUT2D eigenvalue weighted by molar-refractivity contribution is 0.0778. The number of para-hydroxylation sites is 1. The summed E-state index contributed by atoms with van der Waals surface area (Å²) in [5.41, 5.74) is 1.32. The van der Waals surface area contributed by atoms with Crippen LogP contribution in [-0.4, -0.2) is 79.0 Å². The number of piperazine rings is 1. The molecule has 1 aromatic carbocycles. The number of hydrogen-bond acceptors (Lipinski definition) is 6. The molecule has 1 fully saturated rings. The zero-order valence-electron chi connectivity index (χ0n) is 16.4. The number of carbonyl (C=O) groups excluding carboxylic acids is 1. The minimum atomic E-state index is -0.0306. The van der Waals surface area contributed by atoms with Crippen LogP contribution in [0.5, 0.6) is 0 Å². The van der Waals surface area contributed by atoms with E-state index in [0.29, 0.717) is 11.5 Å². The van der Waals surface area contributed by atoms with E-state index in [1.807, 2.05) is 42.8 Å². The van der Waals surface area contributed by atoms with Gasteiger partial charge in [-0.3, -0.25) is 4.79 Å². The van der Waals surface area contributed by atoms with Crippen molar-refractivity contribution >= 4 is 28.2 Å². The largest absolute Gasteiger partial charge is 0.454 e. The first-order chi connectivity index (χ1) is 13.6. The van der Waals surface area contributed by atoms with Crippen molar-refractivity contribution in [3.05, 3.63) is 41.4 Å². The van der Waals surface area contributed by atoms with Gasteiger partial charge in [0.05, 0.1) is 0 Å². The molecule has 3 aromatic rings. The number of benzene rings is 1. The molecule has 6 nitrogen and oxygen atoms in total. The van der Waals surface area contributed by atoms with Gasteiger partial charge in [-0.05, 0) is 32.1 Å². The van der Waals surface area contributed by atoms with Crippen molar-refractivity contribution in [2.45, 2.75) is 6.42 Å². The number of rotatable bonds is 6. The molecule has 1 saturated heterocycles. The molecular weight excluding hydrogens is 372 g/mol. The zero-order chi connectivity index (χ0) is 19.5. The number of carbonyl (C=O) groups is 1. The summed E-state index contributed by atoms with van der Waals surface area (Å²) in [5.74, 6) is 0.681. The standard InChI is InChI=1S/C21H26N4O2S/c1-23-10-12-25(13-11-23)9-5-8-24(2)21(26)17-15-28-20(22-17)19-14-16-6-3-4-7-18(16)27-19/h3-4,6-7,14-15H,5,8-13H2,1-2H3. The van der Waals surface area contributed by atoms with Crippen molar-refractivity contribution in [2.24, 2.45) is 0 Å². The van der Waals surface area contributed by atoms with Gasteiger partial charge in [0.2, 0.25) is 0 Å². The summed E-state index contributed by atoms with van der Waals surface area (Å²) in [6.07, 6.45) is 0.979. The summed E-state index contributed by atoms with van der Waals surface area (Å²) in [6.45, 7) is 6.24. The van der Waals surface area contributed by atoms with Crippen LogP contribution in [0.4, 0.5) is 0 Å². The first kappa shape index (κ1) is 19.1. The maximum absolute atomic E-state index is 12.7. The molecule has 0 unspecified atom stereocenters. The van der Waals surface area contributed by atoms with Crippen molar-refractivity contribution in [2.75, 3.05) is 53.4 Å². The highest BCUT2D eigenvalue weighted by Crippen LogP contribution is 2.30. The van der Waals surface area contributed by atoms with E-state index in [1.165, 1.54) is 11.3 Å². The molecule has 0 saturated carbocycles. The van der Waals surface area contributed by atoms with Gasteiger partial charge in [0, 0.05) is 50.5 Å². The average Bonchev–Trinajstić information content (AvgIpc) is 3.35. The maximum atomic E-state index is 12.7. The first-order valence-electron chi connectivity index (χ1n) is 9.71. The van der Waals surface area contributed by atoms with Crippen molar-refractivity contribution in [3.8, 4) is 10.8 Å². The van der Waals surface area contributed by atoms with Gasteiger partial charge in [0.15, 0.2) is 10.8 Å². The zero-order valence-corrected chi connectivity index (χ0v) is 17.2. The molecule has 0 atom stereocenters. The van der Waals surface area contributed by atoms with Crippen LogP contribution in [0.15, 0.2) is 40.1 Å². The summed E-state index contributed by atoms with van der Waals surface area (Å²) >= 11 is 1.45. The number of amides is 1. The third-order valence-corrected chi connectivity index (χ3v) is 6.13. The Morgan fingerprint density at radius 2 is 2.04 bits per heavy atom. The van der Waals surface area contributed by atoms with Crippen LogP contribution in [0.25, 0.3) is 21.7 Å². The number of hydrogen-bond donors (Lipinski definition) is 0.